The zero-order valence-electron chi connectivity index (χ0n) is 18.5. The van der Waals surface area contributed by atoms with Gasteiger partial charge in [0.05, 0.1) is 24.2 Å². The van der Waals surface area contributed by atoms with Crippen molar-refractivity contribution in [1.29, 1.82) is 0 Å². The number of hydrogen-bond acceptors (Lipinski definition) is 6. The second-order valence-corrected chi connectivity index (χ2v) is 8.38. The second kappa shape index (κ2) is 9.59. The number of nitrogens with zero attached hydrogens (tertiary/aromatic N) is 5. The van der Waals surface area contributed by atoms with Crippen LogP contribution in [0.5, 0.6) is 0 Å². The summed E-state index contributed by atoms with van der Waals surface area (Å²) in [6.45, 7) is 10.4. The average Bonchev–Trinajstić information content (AvgIpc) is 3.34. The molecule has 3 heterocycles. The van der Waals surface area contributed by atoms with Crippen LogP contribution in [0.25, 0.3) is 16.7 Å². The highest BCUT2D eigenvalue weighted by Gasteiger charge is 2.29. The molecule has 1 unspecified atom stereocenters. The summed E-state index contributed by atoms with van der Waals surface area (Å²) in [5.74, 6) is 1.70. The summed E-state index contributed by atoms with van der Waals surface area (Å²) in [4.78, 5) is 20.1. The molecule has 9 nitrogen and oxygen atoms in total. The van der Waals surface area contributed by atoms with Crippen LogP contribution in [-0.2, 0) is 22.0 Å². The maximum absolute atomic E-state index is 9.95. The first-order valence-electron chi connectivity index (χ1n) is 10.3. The lowest BCUT2D eigenvalue weighted by Crippen LogP contribution is -2.44. The molecule has 2 N–H and O–H groups in total. The topological polar surface area (TPSA) is 106 Å². The van der Waals surface area contributed by atoms with Crippen LogP contribution < -0.4 is 0 Å². The van der Waals surface area contributed by atoms with Crippen molar-refractivity contribution in [2.45, 2.75) is 32.3 Å². The predicted octanol–water partition coefficient (Wildman–Crippen LogP) is 2.12. The molecule has 2 aromatic heterocycles. The molecule has 0 spiro atoms. The Labute approximate surface area is 181 Å². The number of benzene rings is 1. The summed E-state index contributed by atoms with van der Waals surface area (Å²) >= 11 is 0. The quantitative estimate of drug-likeness (QED) is 0.599. The van der Waals surface area contributed by atoms with Crippen molar-refractivity contribution >= 4 is 17.5 Å². The van der Waals surface area contributed by atoms with E-state index in [4.69, 9.17) is 19.6 Å². The van der Waals surface area contributed by atoms with Crippen LogP contribution in [0.2, 0.25) is 0 Å². The lowest BCUT2D eigenvalue weighted by Gasteiger charge is -2.34. The summed E-state index contributed by atoms with van der Waals surface area (Å²) in [5, 5.41) is 16.8. The van der Waals surface area contributed by atoms with Crippen molar-refractivity contribution in [2.75, 3.05) is 32.8 Å². The normalized spacial score (nSPS) is 16.0. The molecular formula is C22H31N5O4. The number of fused-ring (bicyclic) bond motifs is 1. The summed E-state index contributed by atoms with van der Waals surface area (Å²) in [6.07, 6.45) is 3.27. The van der Waals surface area contributed by atoms with Gasteiger partial charge in [-0.25, -0.2) is 9.97 Å². The highest BCUT2D eigenvalue weighted by Crippen LogP contribution is 2.28. The van der Waals surface area contributed by atoms with Crippen LogP contribution in [0.1, 0.15) is 38.5 Å². The zero-order chi connectivity index (χ0) is 22.6. The van der Waals surface area contributed by atoms with Crippen molar-refractivity contribution < 1.29 is 19.7 Å². The van der Waals surface area contributed by atoms with Crippen molar-refractivity contribution in [3.05, 3.63) is 42.2 Å². The third-order valence-corrected chi connectivity index (χ3v) is 5.52. The van der Waals surface area contributed by atoms with Gasteiger partial charge < -0.3 is 24.1 Å². The maximum Gasteiger partial charge on any atom is 0.290 e. The molecule has 0 bridgehead atoms. The Bertz CT molecular complexity index is 1020. The fourth-order valence-corrected chi connectivity index (χ4v) is 4.13. The van der Waals surface area contributed by atoms with Crippen LogP contribution in [0.3, 0.4) is 0 Å². The molecule has 1 aromatic carbocycles. The Morgan fingerprint density at radius 2 is 1.97 bits per heavy atom. The number of aryl methyl sites for hydroxylation is 1. The van der Waals surface area contributed by atoms with Gasteiger partial charge in [-0.15, -0.1) is 0 Å². The van der Waals surface area contributed by atoms with Crippen LogP contribution in [0.4, 0.5) is 0 Å². The second-order valence-electron chi connectivity index (χ2n) is 8.38. The van der Waals surface area contributed by atoms with Gasteiger partial charge >= 0.3 is 0 Å². The molecule has 31 heavy (non-hydrogen) atoms. The predicted molar refractivity (Wildman–Crippen MR) is 117 cm³/mol. The molecule has 3 aromatic rings. The molecule has 0 aliphatic carbocycles. The minimum absolute atomic E-state index is 0.106. The number of hydrogen-bond donors (Lipinski definition) is 2. The van der Waals surface area contributed by atoms with Gasteiger partial charge in [0.2, 0.25) is 0 Å². The van der Waals surface area contributed by atoms with Gasteiger partial charge in [0, 0.05) is 50.2 Å². The van der Waals surface area contributed by atoms with Gasteiger partial charge in [0.25, 0.3) is 6.47 Å². The minimum atomic E-state index is -0.600. The van der Waals surface area contributed by atoms with E-state index in [1.165, 1.54) is 0 Å². The molecule has 1 atom stereocenters. The molecule has 1 aliphatic heterocycles. The first kappa shape index (κ1) is 22.9. The Hall–Kier alpha value is -2.75. The molecule has 0 saturated carbocycles. The number of rotatable bonds is 5. The van der Waals surface area contributed by atoms with E-state index in [2.05, 4.69) is 46.5 Å². The van der Waals surface area contributed by atoms with Gasteiger partial charge in [0.15, 0.2) is 0 Å². The molecular weight excluding hydrogens is 398 g/mol. The maximum atomic E-state index is 9.95. The fraction of sp³-hybridized carbons (Fsp3) is 0.500. The van der Waals surface area contributed by atoms with Gasteiger partial charge in [-0.2, -0.15) is 0 Å². The molecule has 1 aliphatic rings. The van der Waals surface area contributed by atoms with Crippen LogP contribution in [0.15, 0.2) is 30.6 Å². The fourth-order valence-electron chi connectivity index (χ4n) is 4.13. The average molecular weight is 430 g/mol. The van der Waals surface area contributed by atoms with Crippen molar-refractivity contribution in [3.63, 3.8) is 0 Å². The highest BCUT2D eigenvalue weighted by molar-refractivity contribution is 5.78. The Morgan fingerprint density at radius 1 is 1.29 bits per heavy atom. The van der Waals surface area contributed by atoms with E-state index < -0.39 is 6.10 Å². The smallest absolute Gasteiger partial charge is 0.290 e. The minimum Gasteiger partial charge on any atom is -0.483 e. The Kier molecular flexibility index (Phi) is 7.09. The van der Waals surface area contributed by atoms with Crippen LogP contribution >= 0.6 is 0 Å². The third-order valence-electron chi connectivity index (χ3n) is 5.52. The number of carboxylic acid groups (broad SMARTS) is 1. The van der Waals surface area contributed by atoms with E-state index >= 15 is 0 Å². The van der Waals surface area contributed by atoms with E-state index in [-0.39, 0.29) is 11.9 Å². The standard InChI is InChI=1S/C21H29N5O2.CH2O2/c1-15(27)19-23-17-13-16(5-6-18(17)24(19)4)26-8-7-22-20(26)21(2,3)14-25-9-11-28-12-10-25;2-1-3/h5-8,13,15,27H,9-12,14H2,1-4H3;1H,(H,2,3). The lowest BCUT2D eigenvalue weighted by atomic mass is 9.91. The number of ether oxygens (including phenoxy) is 1. The largest absolute Gasteiger partial charge is 0.483 e. The summed E-state index contributed by atoms with van der Waals surface area (Å²) in [6, 6.07) is 6.21. The first-order valence-corrected chi connectivity index (χ1v) is 10.3. The SMILES string of the molecule is CC(O)c1nc2cc(-n3ccnc3C(C)(C)CN3CCOCC3)ccc2n1C.O=CO. The third kappa shape index (κ3) is 4.95. The number of morpholine rings is 1. The highest BCUT2D eigenvalue weighted by atomic mass is 16.5. The number of aliphatic hydroxyl groups is 1. The summed E-state index contributed by atoms with van der Waals surface area (Å²) < 4.78 is 9.57. The Balaban J connectivity index is 0.000000858. The molecule has 168 valence electrons. The van der Waals surface area contributed by atoms with Gasteiger partial charge in [0.1, 0.15) is 17.8 Å². The van der Waals surface area contributed by atoms with Crippen molar-refractivity contribution in [2.24, 2.45) is 7.05 Å². The van der Waals surface area contributed by atoms with E-state index in [9.17, 15) is 5.11 Å². The summed E-state index contributed by atoms with van der Waals surface area (Å²) in [5.41, 5.74) is 2.81. The monoisotopic (exact) mass is 429 g/mol. The number of aliphatic hydroxyl groups excluding tert-OH is 1. The lowest BCUT2D eigenvalue weighted by molar-refractivity contribution is -0.122. The van der Waals surface area contributed by atoms with E-state index in [1.54, 1.807) is 6.92 Å². The number of aromatic nitrogens is 4. The molecule has 1 fully saturated rings. The number of imidazole rings is 2. The molecule has 9 heteroatoms. The number of carbonyl (C=O) groups is 1. The van der Waals surface area contributed by atoms with Gasteiger partial charge in [-0.1, -0.05) is 13.8 Å². The van der Waals surface area contributed by atoms with Crippen molar-refractivity contribution in [3.8, 4) is 5.69 Å². The van der Waals surface area contributed by atoms with E-state index in [0.29, 0.717) is 5.82 Å². The molecule has 1 saturated heterocycles. The van der Waals surface area contributed by atoms with Crippen LogP contribution in [-0.4, -0.2) is 73.5 Å². The molecule has 4 rings (SSSR count). The van der Waals surface area contributed by atoms with E-state index in [1.807, 2.05) is 24.0 Å². The zero-order valence-corrected chi connectivity index (χ0v) is 18.5. The van der Waals surface area contributed by atoms with Gasteiger partial charge in [-0.05, 0) is 25.1 Å². The molecule has 0 amide bonds. The Morgan fingerprint density at radius 3 is 2.61 bits per heavy atom. The molecule has 0 radical (unpaired) electrons. The van der Waals surface area contributed by atoms with Gasteiger partial charge in [-0.3, -0.25) is 9.69 Å². The van der Waals surface area contributed by atoms with Crippen LogP contribution in [0, 0.1) is 0 Å². The summed E-state index contributed by atoms with van der Waals surface area (Å²) in [7, 11) is 1.94. The van der Waals surface area contributed by atoms with E-state index in [0.717, 1.165) is 55.4 Å². The van der Waals surface area contributed by atoms with Crippen molar-refractivity contribution in [1.82, 2.24) is 24.0 Å². The first-order chi connectivity index (χ1) is 14.8.